The fourth-order valence-electron chi connectivity index (χ4n) is 3.51. The fourth-order valence-corrected chi connectivity index (χ4v) is 3.51. The normalized spacial score (nSPS) is 12.2. The molecule has 1 N–H and O–H groups in total. The van der Waals surface area contributed by atoms with Gasteiger partial charge in [0.15, 0.2) is 0 Å². The monoisotopic (exact) mass is 439 g/mol. The number of aryl methyl sites for hydroxylation is 1. The number of ether oxygens (including phenoxy) is 3. The van der Waals surface area contributed by atoms with Gasteiger partial charge >= 0.3 is 0 Å². The van der Waals surface area contributed by atoms with Crippen molar-refractivity contribution < 1.29 is 19.3 Å². The average molecular weight is 440 g/mol. The minimum absolute atomic E-state index is 0.408. The third-order valence-electron chi connectivity index (χ3n) is 5.34. The summed E-state index contributed by atoms with van der Waals surface area (Å²) >= 11 is 0. The molecule has 32 heavy (non-hydrogen) atoms. The summed E-state index contributed by atoms with van der Waals surface area (Å²) in [5.41, 5.74) is 2.85. The summed E-state index contributed by atoms with van der Waals surface area (Å²) in [6.45, 7) is 4.37. The van der Waals surface area contributed by atoms with Crippen molar-refractivity contribution >= 4 is 0 Å². The maximum atomic E-state index is 10.3. The first-order chi connectivity index (χ1) is 15.5. The molecular formula is C25H33N3O4. The molecule has 0 aliphatic heterocycles. The summed E-state index contributed by atoms with van der Waals surface area (Å²) in [4.78, 5) is 2.18. The molecule has 0 aliphatic rings. The molecule has 7 heteroatoms. The highest BCUT2D eigenvalue weighted by molar-refractivity contribution is 5.65. The molecule has 0 saturated heterocycles. The summed E-state index contributed by atoms with van der Waals surface area (Å²) in [7, 11) is 5.21. The Hall–Kier alpha value is -2.87. The molecule has 0 aliphatic carbocycles. The van der Waals surface area contributed by atoms with E-state index in [0.29, 0.717) is 44.3 Å². The number of aromatic nitrogens is 2. The van der Waals surface area contributed by atoms with Gasteiger partial charge in [-0.1, -0.05) is 37.3 Å². The van der Waals surface area contributed by atoms with Crippen molar-refractivity contribution in [1.82, 2.24) is 14.7 Å². The first-order valence-corrected chi connectivity index (χ1v) is 10.9. The van der Waals surface area contributed by atoms with Crippen LogP contribution < -0.4 is 9.47 Å². The van der Waals surface area contributed by atoms with E-state index in [1.807, 2.05) is 68.6 Å². The summed E-state index contributed by atoms with van der Waals surface area (Å²) in [5.74, 6) is 2.14. The number of hydrogen-bond donors (Lipinski definition) is 1. The zero-order valence-corrected chi connectivity index (χ0v) is 19.3. The zero-order chi connectivity index (χ0) is 22.9. The van der Waals surface area contributed by atoms with Crippen molar-refractivity contribution in [2.75, 3.05) is 33.9 Å². The van der Waals surface area contributed by atoms with Crippen LogP contribution in [0.3, 0.4) is 0 Å². The molecule has 1 aromatic heterocycles. The van der Waals surface area contributed by atoms with Gasteiger partial charge in [-0.3, -0.25) is 4.90 Å². The number of benzene rings is 2. The maximum Gasteiger partial charge on any atom is 0.222 e. The zero-order valence-electron chi connectivity index (χ0n) is 19.3. The number of aliphatic hydroxyl groups is 1. The Labute approximate surface area is 190 Å². The van der Waals surface area contributed by atoms with Gasteiger partial charge < -0.3 is 19.3 Å². The van der Waals surface area contributed by atoms with E-state index >= 15 is 0 Å². The van der Waals surface area contributed by atoms with Gasteiger partial charge in [-0.05, 0) is 30.7 Å². The molecule has 0 unspecified atom stereocenters. The molecule has 0 radical (unpaired) electrons. The molecule has 3 aromatic rings. The number of hydrogen-bond acceptors (Lipinski definition) is 6. The largest absolute Gasteiger partial charge is 0.497 e. The van der Waals surface area contributed by atoms with E-state index in [0.717, 1.165) is 22.6 Å². The first kappa shape index (κ1) is 23.8. The topological polar surface area (TPSA) is 69.0 Å². The highest BCUT2D eigenvalue weighted by Gasteiger charge is 2.23. The lowest BCUT2D eigenvalue weighted by atomic mass is 10.1. The smallest absolute Gasteiger partial charge is 0.222 e. The Morgan fingerprint density at radius 2 is 1.72 bits per heavy atom. The van der Waals surface area contributed by atoms with Gasteiger partial charge in [-0.15, -0.1) is 0 Å². The van der Waals surface area contributed by atoms with Crippen molar-refractivity contribution in [2.24, 2.45) is 7.05 Å². The molecule has 0 amide bonds. The molecular weight excluding hydrogens is 406 g/mol. The molecule has 1 atom stereocenters. The molecule has 1 heterocycles. The van der Waals surface area contributed by atoms with E-state index < -0.39 is 6.10 Å². The van der Waals surface area contributed by atoms with Gasteiger partial charge in [-0.25, -0.2) is 4.68 Å². The van der Waals surface area contributed by atoms with E-state index in [2.05, 4.69) is 4.90 Å². The molecule has 3 rings (SSSR count). The quantitative estimate of drug-likeness (QED) is 0.458. The summed E-state index contributed by atoms with van der Waals surface area (Å²) < 4.78 is 18.6. The predicted octanol–water partition coefficient (Wildman–Crippen LogP) is 4.11. The summed E-state index contributed by atoms with van der Waals surface area (Å²) in [5, 5.41) is 15.1. The molecule has 0 bridgehead atoms. The van der Waals surface area contributed by atoms with Crippen LogP contribution >= 0.6 is 0 Å². The van der Waals surface area contributed by atoms with Gasteiger partial charge in [0.05, 0.1) is 25.4 Å². The lowest BCUT2D eigenvalue weighted by Gasteiger charge is -2.25. The van der Waals surface area contributed by atoms with Crippen molar-refractivity contribution in [3.05, 3.63) is 60.2 Å². The summed E-state index contributed by atoms with van der Waals surface area (Å²) in [6, 6.07) is 17.6. The van der Waals surface area contributed by atoms with Crippen molar-refractivity contribution in [3.8, 4) is 28.6 Å². The van der Waals surface area contributed by atoms with Crippen molar-refractivity contribution in [3.63, 3.8) is 0 Å². The molecule has 0 saturated carbocycles. The van der Waals surface area contributed by atoms with Gasteiger partial charge in [0.1, 0.15) is 17.2 Å². The second-order valence-electron chi connectivity index (χ2n) is 7.69. The Balaban J connectivity index is 1.98. The van der Waals surface area contributed by atoms with Crippen LogP contribution in [0.25, 0.3) is 11.3 Å². The van der Waals surface area contributed by atoms with Crippen molar-refractivity contribution in [1.29, 1.82) is 0 Å². The predicted molar refractivity (Wildman–Crippen MR) is 125 cm³/mol. The number of methoxy groups -OCH3 is 2. The third kappa shape index (κ3) is 6.09. The van der Waals surface area contributed by atoms with Crippen LogP contribution in [0.5, 0.6) is 17.4 Å². The highest BCUT2D eigenvalue weighted by Crippen LogP contribution is 2.34. The highest BCUT2D eigenvalue weighted by atomic mass is 16.5. The number of nitrogens with zero attached hydrogens (tertiary/aromatic N) is 3. The minimum Gasteiger partial charge on any atom is -0.497 e. The molecule has 2 aromatic carbocycles. The Morgan fingerprint density at radius 1 is 1.03 bits per heavy atom. The minimum atomic E-state index is -0.408. The van der Waals surface area contributed by atoms with Gasteiger partial charge in [-0.2, -0.15) is 5.10 Å². The summed E-state index contributed by atoms with van der Waals surface area (Å²) in [6.07, 6.45) is 0.284. The second-order valence-corrected chi connectivity index (χ2v) is 7.69. The van der Waals surface area contributed by atoms with Crippen LogP contribution in [0.2, 0.25) is 0 Å². The van der Waals surface area contributed by atoms with Crippen LogP contribution in [0.1, 0.15) is 18.9 Å². The number of aliphatic hydroxyl groups excluding tert-OH is 1. The Morgan fingerprint density at radius 3 is 2.34 bits per heavy atom. The van der Waals surface area contributed by atoms with Crippen LogP contribution in [-0.4, -0.2) is 59.8 Å². The lowest BCUT2D eigenvalue weighted by Crippen LogP contribution is -2.34. The fraction of sp³-hybridized carbons (Fsp3) is 0.400. The van der Waals surface area contributed by atoms with Crippen LogP contribution in [0.4, 0.5) is 0 Å². The van der Waals surface area contributed by atoms with Gasteiger partial charge in [0.25, 0.3) is 0 Å². The average Bonchev–Trinajstić information content (AvgIpc) is 3.13. The molecule has 0 fully saturated rings. The van der Waals surface area contributed by atoms with E-state index in [4.69, 9.17) is 19.3 Å². The molecule has 0 spiro atoms. The van der Waals surface area contributed by atoms with E-state index in [9.17, 15) is 5.11 Å². The van der Waals surface area contributed by atoms with Gasteiger partial charge in [0, 0.05) is 39.4 Å². The SMILES string of the molecule is CC[C@@H](O)CN(CCOC)Cc1c(-c2ccccc2)nn(C)c1Oc1ccc(OC)cc1. The van der Waals surface area contributed by atoms with E-state index in [-0.39, 0.29) is 0 Å². The first-order valence-electron chi connectivity index (χ1n) is 10.9. The Bertz CT molecular complexity index is 957. The maximum absolute atomic E-state index is 10.3. The van der Waals surface area contributed by atoms with Crippen LogP contribution in [0.15, 0.2) is 54.6 Å². The van der Waals surface area contributed by atoms with Crippen LogP contribution in [0, 0.1) is 0 Å². The Kier molecular flexibility index (Phi) is 8.67. The lowest BCUT2D eigenvalue weighted by molar-refractivity contribution is 0.0827. The molecule has 7 nitrogen and oxygen atoms in total. The van der Waals surface area contributed by atoms with Gasteiger partial charge in [0.2, 0.25) is 5.88 Å². The standard InChI is InChI=1S/C25H33N3O4/c1-5-20(29)17-28(15-16-30-3)18-23-24(19-9-7-6-8-10-19)26-27(2)25(23)32-22-13-11-21(31-4)12-14-22/h6-14,20,29H,5,15-18H2,1-4H3/t20-/m1/s1. The van der Waals surface area contributed by atoms with E-state index in [1.165, 1.54) is 0 Å². The third-order valence-corrected chi connectivity index (χ3v) is 5.34. The van der Waals surface area contributed by atoms with Crippen molar-refractivity contribution in [2.45, 2.75) is 26.0 Å². The van der Waals surface area contributed by atoms with Crippen LogP contribution in [-0.2, 0) is 18.3 Å². The second kappa shape index (κ2) is 11.7. The van der Waals surface area contributed by atoms with E-state index in [1.54, 1.807) is 18.9 Å². The molecule has 172 valence electrons. The number of rotatable bonds is 12.